The highest BCUT2D eigenvalue weighted by atomic mass is 16.6. The van der Waals surface area contributed by atoms with Crippen LogP contribution in [0.2, 0.25) is 0 Å². The van der Waals surface area contributed by atoms with Crippen LogP contribution < -0.4 is 4.74 Å². The van der Waals surface area contributed by atoms with Crippen LogP contribution in [0.5, 0.6) is 5.75 Å². The Kier molecular flexibility index (Phi) is 9.28. The average molecular weight is 541 g/mol. The molecule has 0 spiro atoms. The second-order valence-electron chi connectivity index (χ2n) is 13.2. The summed E-state index contributed by atoms with van der Waals surface area (Å²) in [7, 11) is 0. The molecule has 0 unspecified atom stereocenters. The summed E-state index contributed by atoms with van der Waals surface area (Å²) in [5.41, 5.74) is 2.50. The predicted octanol–water partition coefficient (Wildman–Crippen LogP) is 8.61. The fourth-order valence-corrected chi connectivity index (χ4v) is 6.93. The summed E-state index contributed by atoms with van der Waals surface area (Å²) in [5, 5.41) is 11.8. The van der Waals surface area contributed by atoms with Gasteiger partial charge < -0.3 is 9.47 Å². The van der Waals surface area contributed by atoms with Crippen LogP contribution in [0.3, 0.4) is 0 Å². The van der Waals surface area contributed by atoms with E-state index in [0.717, 1.165) is 43.2 Å². The molecule has 1 aromatic carbocycles. The van der Waals surface area contributed by atoms with Gasteiger partial charge in [0.05, 0.1) is 17.1 Å². The van der Waals surface area contributed by atoms with Crippen molar-refractivity contribution < 1.29 is 19.2 Å². The summed E-state index contributed by atoms with van der Waals surface area (Å²) < 4.78 is 12.0. The Hall–Kier alpha value is -2.57. The number of nitro groups is 1. The van der Waals surface area contributed by atoms with Crippen LogP contribution in [-0.2, 0) is 4.74 Å². The summed E-state index contributed by atoms with van der Waals surface area (Å²) in [6.45, 7) is 11.6. The average Bonchev–Trinajstić information content (AvgIpc) is 2.88. The van der Waals surface area contributed by atoms with Crippen molar-refractivity contribution >= 4 is 17.4 Å². The van der Waals surface area contributed by atoms with Crippen LogP contribution in [0.15, 0.2) is 18.2 Å². The molecular formula is C32H48N2O5. The first-order valence-electron chi connectivity index (χ1n) is 15.1. The topological polar surface area (TPSA) is 81.9 Å². The summed E-state index contributed by atoms with van der Waals surface area (Å²) in [6, 6.07) is 3.54. The Morgan fingerprint density at radius 3 is 2.13 bits per heavy atom. The molecule has 1 amide bonds. The highest BCUT2D eigenvalue weighted by Gasteiger charge is 2.44. The van der Waals surface area contributed by atoms with Crippen molar-refractivity contribution in [3.8, 4) is 5.75 Å². The molecule has 1 aliphatic heterocycles. The molecule has 0 radical (unpaired) electrons. The number of rotatable bonds is 6. The standard InChI is InChI=1S/C32H48N2O5/c1-21(2)38-30-20-26(22(3)17-29(30)34(36)37)25-18-27(23-13-9-7-10-14-23)33(31(35)39-32(4,5)6)28(19-25)24-15-11-8-12-16-24/h17-18,20-21,23-24,27-28H,7-16,19H2,1-6H3/t27-,28+/m0/s1. The third-order valence-corrected chi connectivity index (χ3v) is 8.62. The lowest BCUT2D eigenvalue weighted by molar-refractivity contribution is -0.386. The number of hydrogen-bond acceptors (Lipinski definition) is 5. The number of benzene rings is 1. The lowest BCUT2D eigenvalue weighted by atomic mass is 9.73. The van der Waals surface area contributed by atoms with Crippen molar-refractivity contribution in [1.29, 1.82) is 0 Å². The van der Waals surface area contributed by atoms with Gasteiger partial charge in [0.2, 0.25) is 0 Å². The van der Waals surface area contributed by atoms with E-state index in [2.05, 4.69) is 11.0 Å². The second-order valence-corrected chi connectivity index (χ2v) is 13.2. The molecule has 1 aromatic rings. The van der Waals surface area contributed by atoms with Crippen LogP contribution in [0.25, 0.3) is 5.57 Å². The Morgan fingerprint density at radius 2 is 1.59 bits per heavy atom. The van der Waals surface area contributed by atoms with Crippen molar-refractivity contribution in [2.75, 3.05) is 0 Å². The normalized spacial score (nSPS) is 23.5. The molecule has 3 aliphatic rings. The molecule has 1 heterocycles. The monoisotopic (exact) mass is 540 g/mol. The van der Waals surface area contributed by atoms with Crippen molar-refractivity contribution in [3.63, 3.8) is 0 Å². The second kappa shape index (κ2) is 12.3. The quantitative estimate of drug-likeness (QED) is 0.266. The SMILES string of the molecule is Cc1cc([N+](=O)[O-])c(OC(C)C)cc1C1=C[C@@H](C2CCCCC2)N(C(=O)OC(C)(C)C)[C@@H](C2CCCCC2)C1. The summed E-state index contributed by atoms with van der Waals surface area (Å²) in [6.07, 6.45) is 14.4. The van der Waals surface area contributed by atoms with E-state index in [1.165, 1.54) is 44.1 Å². The van der Waals surface area contributed by atoms with Crippen LogP contribution in [0.4, 0.5) is 10.5 Å². The minimum atomic E-state index is -0.562. The molecule has 0 saturated heterocycles. The van der Waals surface area contributed by atoms with Gasteiger partial charge in [0.25, 0.3) is 0 Å². The Balaban J connectivity index is 1.83. The molecule has 7 nitrogen and oxygen atoms in total. The van der Waals surface area contributed by atoms with Crippen molar-refractivity contribution in [1.82, 2.24) is 4.90 Å². The zero-order valence-electron chi connectivity index (χ0n) is 24.8. The first-order valence-corrected chi connectivity index (χ1v) is 15.1. The molecule has 2 saturated carbocycles. The number of nitrogens with zero attached hydrogens (tertiary/aromatic N) is 2. The molecule has 0 bridgehead atoms. The van der Waals surface area contributed by atoms with E-state index in [1.54, 1.807) is 6.07 Å². The number of carbonyl (C=O) groups excluding carboxylic acids is 1. The molecule has 2 aliphatic carbocycles. The highest BCUT2D eigenvalue weighted by Crippen LogP contribution is 2.45. The van der Waals surface area contributed by atoms with E-state index < -0.39 is 5.60 Å². The summed E-state index contributed by atoms with van der Waals surface area (Å²) in [5.74, 6) is 1.12. The largest absolute Gasteiger partial charge is 0.484 e. The third-order valence-electron chi connectivity index (χ3n) is 8.62. The van der Waals surface area contributed by atoms with Crippen molar-refractivity contribution in [2.24, 2.45) is 11.8 Å². The zero-order chi connectivity index (χ0) is 28.3. The van der Waals surface area contributed by atoms with E-state index in [1.807, 2.05) is 47.6 Å². The maximum Gasteiger partial charge on any atom is 0.411 e. The van der Waals surface area contributed by atoms with Crippen LogP contribution in [0, 0.1) is 28.9 Å². The molecule has 2 fully saturated rings. The van der Waals surface area contributed by atoms with Crippen LogP contribution >= 0.6 is 0 Å². The molecule has 0 N–H and O–H groups in total. The fraction of sp³-hybridized carbons (Fsp3) is 0.719. The minimum absolute atomic E-state index is 0.00408. The van der Waals surface area contributed by atoms with E-state index in [4.69, 9.17) is 9.47 Å². The number of ether oxygens (including phenoxy) is 2. The maximum absolute atomic E-state index is 13.9. The van der Waals surface area contributed by atoms with Gasteiger partial charge in [0.1, 0.15) is 5.60 Å². The number of amides is 1. The Labute approximate surface area is 234 Å². The van der Waals surface area contributed by atoms with Gasteiger partial charge in [0, 0.05) is 12.1 Å². The summed E-state index contributed by atoms with van der Waals surface area (Å²) in [4.78, 5) is 27.5. The van der Waals surface area contributed by atoms with Gasteiger partial charge >= 0.3 is 11.8 Å². The molecule has 4 rings (SSSR count). The number of hydrogen-bond donors (Lipinski definition) is 0. The Morgan fingerprint density at radius 1 is 1.00 bits per heavy atom. The molecular weight excluding hydrogens is 492 g/mol. The molecule has 7 heteroatoms. The smallest absolute Gasteiger partial charge is 0.411 e. The van der Waals surface area contributed by atoms with Crippen LogP contribution in [-0.4, -0.2) is 39.7 Å². The third kappa shape index (κ3) is 7.15. The van der Waals surface area contributed by atoms with Gasteiger partial charge in [-0.2, -0.15) is 0 Å². The number of carbonyl (C=O) groups is 1. The number of nitro benzene ring substituents is 1. The highest BCUT2D eigenvalue weighted by molar-refractivity contribution is 5.77. The van der Waals surface area contributed by atoms with Crippen molar-refractivity contribution in [3.05, 3.63) is 39.4 Å². The van der Waals surface area contributed by atoms with E-state index in [0.29, 0.717) is 17.6 Å². The predicted molar refractivity (Wildman–Crippen MR) is 155 cm³/mol. The van der Waals surface area contributed by atoms with Gasteiger partial charge in [-0.05, 0) is 108 Å². The van der Waals surface area contributed by atoms with E-state index >= 15 is 0 Å². The zero-order valence-corrected chi connectivity index (χ0v) is 24.8. The molecule has 216 valence electrons. The van der Waals surface area contributed by atoms with Gasteiger partial charge in [-0.25, -0.2) is 4.79 Å². The maximum atomic E-state index is 13.9. The lowest BCUT2D eigenvalue weighted by Gasteiger charge is -2.48. The molecule has 0 aromatic heterocycles. The fourth-order valence-electron chi connectivity index (χ4n) is 6.93. The van der Waals surface area contributed by atoms with Crippen molar-refractivity contribution in [2.45, 2.75) is 136 Å². The lowest BCUT2D eigenvalue weighted by Crippen LogP contribution is -2.56. The molecule has 2 atom stereocenters. The summed E-state index contributed by atoms with van der Waals surface area (Å²) >= 11 is 0. The van der Waals surface area contributed by atoms with E-state index in [9.17, 15) is 14.9 Å². The minimum Gasteiger partial charge on any atom is -0.484 e. The molecule has 39 heavy (non-hydrogen) atoms. The van der Waals surface area contributed by atoms with Gasteiger partial charge in [-0.1, -0.05) is 44.6 Å². The van der Waals surface area contributed by atoms with Crippen LogP contribution in [0.1, 0.15) is 116 Å². The first kappa shape index (κ1) is 29.4. The Bertz CT molecular complexity index is 1060. The van der Waals surface area contributed by atoms with E-state index in [-0.39, 0.29) is 34.9 Å². The van der Waals surface area contributed by atoms with Gasteiger partial charge in [0.15, 0.2) is 5.75 Å². The van der Waals surface area contributed by atoms with Gasteiger partial charge in [-0.15, -0.1) is 0 Å². The first-order chi connectivity index (χ1) is 18.4. The number of aryl methyl sites for hydroxylation is 1. The van der Waals surface area contributed by atoms with Gasteiger partial charge in [-0.3, -0.25) is 15.0 Å².